The van der Waals surface area contributed by atoms with E-state index in [1.54, 1.807) is 5.92 Å². The molecule has 0 aliphatic rings. The second-order valence-corrected chi connectivity index (χ2v) is 10.3. The van der Waals surface area contributed by atoms with E-state index in [0.29, 0.717) is 0 Å². The molecular formula is C12H18FN2O14P3. The molecule has 0 saturated carbocycles. The van der Waals surface area contributed by atoms with E-state index < -0.39 is 65.9 Å². The number of nitrogens with one attached hydrogen (secondary N) is 1. The molecule has 1 rings (SSSR count). The van der Waals surface area contributed by atoms with E-state index in [4.69, 9.17) is 25.8 Å². The van der Waals surface area contributed by atoms with E-state index in [0.717, 1.165) is 23.8 Å². The topological polar surface area (TPSA) is 244 Å². The Hall–Kier alpha value is -1.50. The molecule has 20 heteroatoms. The zero-order chi connectivity index (χ0) is 25.0. The van der Waals surface area contributed by atoms with Crippen molar-refractivity contribution in [3.8, 4) is 12.3 Å². The summed E-state index contributed by atoms with van der Waals surface area (Å²) in [5, 5.41) is 9.99. The van der Waals surface area contributed by atoms with Crippen molar-refractivity contribution >= 4 is 23.5 Å². The number of ether oxygens (including phenoxy) is 1. The maximum atomic E-state index is 13.9. The summed E-state index contributed by atoms with van der Waals surface area (Å²) in [5.41, 5.74) is -4.46. The van der Waals surface area contributed by atoms with Gasteiger partial charge in [-0.05, 0) is 6.92 Å². The van der Waals surface area contributed by atoms with Crippen molar-refractivity contribution < 1.29 is 60.6 Å². The van der Waals surface area contributed by atoms with E-state index >= 15 is 0 Å². The third kappa shape index (κ3) is 8.45. The number of phosphoric acid groups is 3. The average molecular weight is 526 g/mol. The first-order chi connectivity index (χ1) is 14.5. The summed E-state index contributed by atoms with van der Waals surface area (Å²) in [4.78, 5) is 60.5. The predicted molar refractivity (Wildman–Crippen MR) is 100 cm³/mol. The average Bonchev–Trinajstić information content (AvgIpc) is 2.61. The van der Waals surface area contributed by atoms with Gasteiger partial charge in [-0.1, -0.05) is 5.92 Å². The number of aromatic amines is 1. The molecule has 0 amide bonds. The molecule has 0 aliphatic heterocycles. The van der Waals surface area contributed by atoms with Gasteiger partial charge in [0.25, 0.3) is 5.56 Å². The highest BCUT2D eigenvalue weighted by atomic mass is 31.3. The molecule has 5 atom stereocenters. The van der Waals surface area contributed by atoms with Crippen LogP contribution in [0.5, 0.6) is 0 Å². The van der Waals surface area contributed by atoms with Crippen LogP contribution in [-0.4, -0.2) is 59.2 Å². The highest BCUT2D eigenvalue weighted by Gasteiger charge is 2.46. The molecule has 16 nitrogen and oxygen atoms in total. The van der Waals surface area contributed by atoms with Gasteiger partial charge in [-0.3, -0.25) is 18.9 Å². The van der Waals surface area contributed by atoms with Gasteiger partial charge in [-0.2, -0.15) is 8.62 Å². The summed E-state index contributed by atoms with van der Waals surface area (Å²) in [6.45, 7) is -2.02. The number of hydrogen-bond acceptors (Lipinski definition) is 10. The summed E-state index contributed by atoms with van der Waals surface area (Å²) in [6, 6.07) is 0.905. The summed E-state index contributed by atoms with van der Waals surface area (Å²) in [5.74, 6) is 1.67. The fourth-order valence-electron chi connectivity index (χ4n) is 2.08. The molecular weight excluding hydrogens is 508 g/mol. The van der Waals surface area contributed by atoms with Crippen LogP contribution in [0.25, 0.3) is 0 Å². The lowest BCUT2D eigenvalue weighted by atomic mass is 9.99. The zero-order valence-electron chi connectivity index (χ0n) is 15.9. The largest absolute Gasteiger partial charge is 0.490 e. The minimum absolute atomic E-state index is 0.722. The van der Waals surface area contributed by atoms with Crippen molar-refractivity contribution in [3.63, 3.8) is 0 Å². The third-order valence-electron chi connectivity index (χ3n) is 3.42. The third-order valence-corrected chi connectivity index (χ3v) is 7.20. The van der Waals surface area contributed by atoms with Gasteiger partial charge in [0.15, 0.2) is 5.60 Å². The first-order valence-corrected chi connectivity index (χ1v) is 12.5. The first-order valence-electron chi connectivity index (χ1n) is 7.94. The van der Waals surface area contributed by atoms with Crippen molar-refractivity contribution in [1.29, 1.82) is 0 Å². The smallest absolute Gasteiger partial charge is 0.377 e. The summed E-state index contributed by atoms with van der Waals surface area (Å²) < 4.78 is 65.0. The van der Waals surface area contributed by atoms with Crippen LogP contribution in [0.3, 0.4) is 0 Å². The van der Waals surface area contributed by atoms with Crippen LogP contribution in [0.15, 0.2) is 21.9 Å². The molecule has 0 radical (unpaired) electrons. The molecule has 0 aromatic carbocycles. The molecule has 182 valence electrons. The lowest BCUT2D eigenvalue weighted by Crippen LogP contribution is -2.52. The Balaban J connectivity index is 3.14. The number of aliphatic hydroxyl groups is 1. The second kappa shape index (κ2) is 10.6. The van der Waals surface area contributed by atoms with E-state index in [9.17, 15) is 37.7 Å². The van der Waals surface area contributed by atoms with Gasteiger partial charge in [0.2, 0.25) is 0 Å². The molecule has 6 N–H and O–H groups in total. The maximum absolute atomic E-state index is 13.9. The molecule has 0 spiro atoms. The molecule has 0 saturated heterocycles. The van der Waals surface area contributed by atoms with E-state index in [1.807, 2.05) is 4.98 Å². The van der Waals surface area contributed by atoms with Crippen molar-refractivity contribution in [1.82, 2.24) is 9.55 Å². The predicted octanol–water partition coefficient (Wildman–Crippen LogP) is -0.883. The summed E-state index contributed by atoms with van der Waals surface area (Å²) >= 11 is 0. The van der Waals surface area contributed by atoms with Gasteiger partial charge in [0.05, 0.1) is 6.61 Å². The zero-order valence-corrected chi connectivity index (χ0v) is 18.6. The van der Waals surface area contributed by atoms with E-state index in [-0.39, 0.29) is 0 Å². The van der Waals surface area contributed by atoms with Gasteiger partial charge < -0.3 is 29.4 Å². The maximum Gasteiger partial charge on any atom is 0.490 e. The fraction of sp³-hybridized carbons (Fsp3) is 0.500. The standard InChI is InChI=1S/C12H18FN2O14P3/c1-3-9(16)12(6-13,27-8(2)15-5-4-10(17)14-11(15)18)7-26-31(22,23)29-32(24,25)28-30(19,20)21/h1,4-5,8-9,16H,6-7H2,2H3,(H,22,23)(H,24,25)(H,14,17,18)(H2,19,20,21)/t8-,9+,12-/m1/s1. The van der Waals surface area contributed by atoms with Crippen LogP contribution in [0.4, 0.5) is 4.39 Å². The molecule has 1 aromatic heterocycles. The molecule has 0 fully saturated rings. The van der Waals surface area contributed by atoms with Crippen LogP contribution >= 0.6 is 23.5 Å². The Morgan fingerprint density at radius 1 is 1.22 bits per heavy atom. The number of rotatable bonds is 12. The molecule has 0 aliphatic carbocycles. The summed E-state index contributed by atoms with van der Waals surface area (Å²) in [7, 11) is -17.2. The van der Waals surface area contributed by atoms with Crippen LogP contribution in [0.2, 0.25) is 0 Å². The number of nitrogens with zero attached hydrogens (tertiary/aromatic N) is 1. The van der Waals surface area contributed by atoms with Crippen molar-refractivity contribution in [2.45, 2.75) is 24.9 Å². The molecule has 1 aromatic rings. The molecule has 0 bridgehead atoms. The lowest BCUT2D eigenvalue weighted by Gasteiger charge is -2.35. The Bertz CT molecular complexity index is 1110. The SMILES string of the molecule is C#C[C@H](O)[C@@](CF)(COP(=O)(O)OP(=O)(O)OP(=O)(O)O)O[C@H](C)n1ccc(=O)[nH]c1=O. The van der Waals surface area contributed by atoms with Gasteiger partial charge in [0.1, 0.15) is 19.0 Å². The number of alkyl halides is 1. The molecule has 1 heterocycles. The normalized spacial score (nSPS) is 19.7. The molecule has 32 heavy (non-hydrogen) atoms. The van der Waals surface area contributed by atoms with Crippen LogP contribution in [-0.2, 0) is 31.6 Å². The Labute approximate surface area is 178 Å². The minimum atomic E-state index is -5.86. The van der Waals surface area contributed by atoms with Crippen molar-refractivity contribution in [2.24, 2.45) is 0 Å². The van der Waals surface area contributed by atoms with E-state index in [1.165, 1.54) is 0 Å². The summed E-state index contributed by atoms with van der Waals surface area (Å²) in [6.07, 6.45) is 2.32. The van der Waals surface area contributed by atoms with Gasteiger partial charge in [-0.25, -0.2) is 22.9 Å². The van der Waals surface area contributed by atoms with Crippen LogP contribution < -0.4 is 11.2 Å². The highest BCUT2D eigenvalue weighted by molar-refractivity contribution is 7.66. The Morgan fingerprint density at radius 2 is 1.81 bits per heavy atom. The highest BCUT2D eigenvalue weighted by Crippen LogP contribution is 2.66. The number of halogens is 1. The number of terminal acetylenes is 1. The monoisotopic (exact) mass is 526 g/mol. The fourth-order valence-corrected chi connectivity index (χ4v) is 5.15. The Morgan fingerprint density at radius 3 is 2.28 bits per heavy atom. The first kappa shape index (κ1) is 28.5. The number of hydrogen-bond donors (Lipinski definition) is 6. The number of phosphoric ester groups is 1. The number of aromatic nitrogens is 2. The molecule has 2 unspecified atom stereocenters. The van der Waals surface area contributed by atoms with Crippen molar-refractivity contribution in [2.75, 3.05) is 13.3 Å². The van der Waals surface area contributed by atoms with E-state index in [2.05, 4.69) is 13.1 Å². The second-order valence-electron chi connectivity index (χ2n) is 5.87. The van der Waals surface area contributed by atoms with Gasteiger partial charge >= 0.3 is 29.2 Å². The van der Waals surface area contributed by atoms with Gasteiger partial charge in [0, 0.05) is 12.3 Å². The quantitative estimate of drug-likeness (QED) is 0.143. The number of aliphatic hydroxyl groups excluding tert-OH is 1. The van der Waals surface area contributed by atoms with Crippen molar-refractivity contribution in [3.05, 3.63) is 33.1 Å². The van der Waals surface area contributed by atoms with Gasteiger partial charge in [-0.15, -0.1) is 6.42 Å². The van der Waals surface area contributed by atoms with Crippen LogP contribution in [0.1, 0.15) is 13.2 Å². The number of H-pyrrole nitrogens is 1. The minimum Gasteiger partial charge on any atom is -0.377 e. The Kier molecular flexibility index (Phi) is 9.47. The van der Waals surface area contributed by atoms with Crippen LogP contribution in [0, 0.1) is 12.3 Å². The lowest BCUT2D eigenvalue weighted by molar-refractivity contribution is -0.184.